The summed E-state index contributed by atoms with van der Waals surface area (Å²) in [5, 5.41) is 0. The molecule has 0 aromatic rings. The molecule has 0 amide bonds. The molecule has 4 atom stereocenters. The molecule has 4 unspecified atom stereocenters. The third-order valence-corrected chi connectivity index (χ3v) is 11.3. The molecule has 2 saturated heterocycles. The highest BCUT2D eigenvalue weighted by Crippen LogP contribution is 2.44. The Balaban J connectivity index is 1.39. The predicted molar refractivity (Wildman–Crippen MR) is 206 cm³/mol. The summed E-state index contributed by atoms with van der Waals surface area (Å²) in [5.74, 6) is -1.38. The molecule has 2 bridgehead atoms. The van der Waals surface area contributed by atoms with E-state index in [1.165, 1.54) is 180 Å². The molecule has 49 heavy (non-hydrogen) atoms. The fourth-order valence-electron chi connectivity index (χ4n) is 7.98. The minimum atomic E-state index is -0.496. The van der Waals surface area contributed by atoms with Gasteiger partial charge in [0.2, 0.25) is 0 Å². The Labute approximate surface area is 304 Å². The highest BCUT2D eigenvalue weighted by Gasteiger charge is 2.54. The Hall–Kier alpha value is -1.10. The Bertz CT molecular complexity index is 762. The zero-order valence-corrected chi connectivity index (χ0v) is 32.8. The van der Waals surface area contributed by atoms with Crippen molar-refractivity contribution in [2.75, 3.05) is 13.2 Å². The summed E-state index contributed by atoms with van der Waals surface area (Å²) in [6.45, 7) is 5.48. The van der Waals surface area contributed by atoms with Gasteiger partial charge < -0.3 is 14.2 Å². The summed E-state index contributed by atoms with van der Waals surface area (Å²) in [5.41, 5.74) is 0. The predicted octanol–water partition coefficient (Wildman–Crippen LogP) is 13.4. The molecule has 0 radical (unpaired) electrons. The van der Waals surface area contributed by atoms with Crippen LogP contribution in [-0.2, 0) is 23.8 Å². The molecular weight excluding hydrogens is 608 g/mol. The fourth-order valence-corrected chi connectivity index (χ4v) is 7.98. The van der Waals surface area contributed by atoms with Crippen molar-refractivity contribution in [2.24, 2.45) is 11.8 Å². The van der Waals surface area contributed by atoms with E-state index in [4.69, 9.17) is 14.2 Å². The average molecular weight is 691 g/mol. The zero-order chi connectivity index (χ0) is 35.0. The van der Waals surface area contributed by atoms with Crippen LogP contribution in [0.5, 0.6) is 0 Å². The minimum absolute atomic E-state index is 0.0995. The number of carbonyl (C=O) groups is 2. The van der Waals surface area contributed by atoms with Gasteiger partial charge in [0.05, 0.1) is 37.3 Å². The first-order valence-corrected chi connectivity index (χ1v) is 22.2. The van der Waals surface area contributed by atoms with Gasteiger partial charge in [-0.3, -0.25) is 9.59 Å². The second-order valence-corrected chi connectivity index (χ2v) is 15.8. The number of hydrogen-bond acceptors (Lipinski definition) is 5. The van der Waals surface area contributed by atoms with Crippen molar-refractivity contribution < 1.29 is 23.8 Å². The first-order valence-electron chi connectivity index (χ1n) is 22.2. The SMILES string of the molecule is CCCCCCCCCCCCCCCCCCOC(=O)C1CC2CC(O2)C1C(=O)OCCCCCCCCCCCCCCCCCC. The highest BCUT2D eigenvalue weighted by atomic mass is 16.6. The van der Waals surface area contributed by atoms with E-state index in [-0.39, 0.29) is 24.1 Å². The molecule has 1 aliphatic carbocycles. The van der Waals surface area contributed by atoms with Crippen LogP contribution in [0.3, 0.4) is 0 Å². The maximum Gasteiger partial charge on any atom is 0.312 e. The second kappa shape index (κ2) is 31.6. The standard InChI is InChI=1S/C44H82O5/c1-3-5-7-9-11-13-15-17-19-21-23-25-27-29-31-33-35-47-43(45)40-37-39-38-41(49-39)42(40)44(46)48-36-34-32-30-28-26-24-22-20-18-16-14-12-10-8-6-4-2/h39-42H,3-38H2,1-2H3. The highest BCUT2D eigenvalue weighted by molar-refractivity contribution is 5.83. The number of hydrogen-bond donors (Lipinski definition) is 0. The molecule has 1 saturated carbocycles. The van der Waals surface area contributed by atoms with Crippen LogP contribution in [0.4, 0.5) is 0 Å². The lowest BCUT2D eigenvalue weighted by atomic mass is 9.72. The molecule has 0 N–H and O–H groups in total. The summed E-state index contributed by atoms with van der Waals surface area (Å²) in [6.07, 6.45) is 43.8. The average Bonchev–Trinajstić information content (AvgIpc) is 3.10. The molecule has 3 aliphatic rings. The van der Waals surface area contributed by atoms with Gasteiger partial charge in [-0.25, -0.2) is 0 Å². The maximum absolute atomic E-state index is 13.0. The lowest BCUT2D eigenvalue weighted by Gasteiger charge is -2.48. The number of ether oxygens (including phenoxy) is 3. The van der Waals surface area contributed by atoms with Gasteiger partial charge in [-0.2, -0.15) is 0 Å². The third-order valence-electron chi connectivity index (χ3n) is 11.3. The minimum Gasteiger partial charge on any atom is -0.465 e. The van der Waals surface area contributed by atoms with Gasteiger partial charge >= 0.3 is 11.9 Å². The van der Waals surface area contributed by atoms with Crippen molar-refractivity contribution in [3.05, 3.63) is 0 Å². The fraction of sp³-hybridized carbons (Fsp3) is 0.955. The first-order chi connectivity index (χ1) is 24.2. The van der Waals surface area contributed by atoms with Crippen molar-refractivity contribution in [3.8, 4) is 0 Å². The van der Waals surface area contributed by atoms with Crippen LogP contribution in [0.1, 0.15) is 232 Å². The van der Waals surface area contributed by atoms with Gasteiger partial charge in [-0.1, -0.05) is 206 Å². The van der Waals surface area contributed by atoms with E-state index >= 15 is 0 Å². The number of esters is 2. The maximum atomic E-state index is 13.0. The lowest BCUT2D eigenvalue weighted by molar-refractivity contribution is -0.222. The van der Waals surface area contributed by atoms with Gasteiger partial charge in [-0.05, 0) is 19.3 Å². The van der Waals surface area contributed by atoms with Crippen molar-refractivity contribution in [3.63, 3.8) is 0 Å². The van der Waals surface area contributed by atoms with Crippen molar-refractivity contribution >= 4 is 11.9 Å². The third kappa shape index (κ3) is 22.4. The van der Waals surface area contributed by atoms with Gasteiger partial charge in [0.1, 0.15) is 0 Å². The molecule has 5 nitrogen and oxygen atoms in total. The van der Waals surface area contributed by atoms with Crippen LogP contribution >= 0.6 is 0 Å². The molecule has 2 heterocycles. The molecule has 3 rings (SSSR count). The van der Waals surface area contributed by atoms with Crippen LogP contribution in [-0.4, -0.2) is 37.4 Å². The Morgan fingerprint density at radius 1 is 0.429 bits per heavy atom. The molecular formula is C44H82O5. The Morgan fingerprint density at radius 2 is 0.714 bits per heavy atom. The number of carbonyl (C=O) groups excluding carboxylic acids is 2. The van der Waals surface area contributed by atoms with Crippen LogP contribution in [0.25, 0.3) is 0 Å². The summed E-state index contributed by atoms with van der Waals surface area (Å²) in [7, 11) is 0. The summed E-state index contributed by atoms with van der Waals surface area (Å²) in [6, 6.07) is 0. The van der Waals surface area contributed by atoms with E-state index in [0.717, 1.165) is 32.1 Å². The Kier molecular flexibility index (Phi) is 28.4. The smallest absolute Gasteiger partial charge is 0.312 e. The number of rotatable bonds is 36. The van der Waals surface area contributed by atoms with E-state index < -0.39 is 11.8 Å². The number of fused-ring (bicyclic) bond motifs is 2. The largest absolute Gasteiger partial charge is 0.465 e. The molecule has 0 aromatic heterocycles. The van der Waals surface area contributed by atoms with E-state index in [2.05, 4.69) is 13.8 Å². The van der Waals surface area contributed by atoms with Crippen LogP contribution in [0.2, 0.25) is 0 Å². The van der Waals surface area contributed by atoms with Gasteiger partial charge in [0, 0.05) is 6.42 Å². The molecule has 5 heteroatoms. The van der Waals surface area contributed by atoms with Crippen LogP contribution in [0.15, 0.2) is 0 Å². The monoisotopic (exact) mass is 691 g/mol. The summed E-state index contributed by atoms with van der Waals surface area (Å²) < 4.78 is 17.2. The van der Waals surface area contributed by atoms with E-state index in [0.29, 0.717) is 19.6 Å². The summed E-state index contributed by atoms with van der Waals surface area (Å²) >= 11 is 0. The molecule has 0 aromatic carbocycles. The zero-order valence-electron chi connectivity index (χ0n) is 32.8. The number of unbranched alkanes of at least 4 members (excludes halogenated alkanes) is 30. The lowest BCUT2D eigenvalue weighted by Crippen LogP contribution is -2.57. The van der Waals surface area contributed by atoms with Gasteiger partial charge in [-0.15, -0.1) is 0 Å². The molecule has 0 spiro atoms. The first kappa shape index (κ1) is 44.1. The van der Waals surface area contributed by atoms with Gasteiger partial charge in [0.15, 0.2) is 0 Å². The van der Waals surface area contributed by atoms with Crippen LogP contribution in [0, 0.1) is 11.8 Å². The quantitative estimate of drug-likeness (QED) is 0.0484. The second-order valence-electron chi connectivity index (χ2n) is 15.8. The summed E-state index contributed by atoms with van der Waals surface area (Å²) in [4.78, 5) is 26.0. The Morgan fingerprint density at radius 3 is 1.04 bits per heavy atom. The van der Waals surface area contributed by atoms with Crippen LogP contribution < -0.4 is 0 Å². The topological polar surface area (TPSA) is 61.8 Å². The van der Waals surface area contributed by atoms with Gasteiger partial charge in [0.25, 0.3) is 0 Å². The van der Waals surface area contributed by atoms with Crippen molar-refractivity contribution in [1.82, 2.24) is 0 Å². The van der Waals surface area contributed by atoms with E-state index in [1.54, 1.807) is 0 Å². The van der Waals surface area contributed by atoms with Crippen molar-refractivity contribution in [1.29, 1.82) is 0 Å². The van der Waals surface area contributed by atoms with E-state index in [9.17, 15) is 9.59 Å². The normalized spacial score (nSPS) is 19.9. The van der Waals surface area contributed by atoms with Crippen molar-refractivity contribution in [2.45, 2.75) is 244 Å². The molecule has 288 valence electrons. The molecule has 3 fully saturated rings. The molecule has 2 aliphatic heterocycles. The van der Waals surface area contributed by atoms with E-state index in [1.807, 2.05) is 0 Å².